The zero-order valence-electron chi connectivity index (χ0n) is 12.0. The summed E-state index contributed by atoms with van der Waals surface area (Å²) in [6.45, 7) is 9.80. The first-order chi connectivity index (χ1) is 8.04. The van der Waals surface area contributed by atoms with Crippen molar-refractivity contribution in [2.24, 2.45) is 17.8 Å². The maximum absolute atomic E-state index is 9.99. The minimum Gasteiger partial charge on any atom is -0.390 e. The molecule has 1 saturated carbocycles. The first-order valence-corrected chi connectivity index (χ1v) is 7.34. The van der Waals surface area contributed by atoms with Crippen LogP contribution in [0.15, 0.2) is 0 Å². The summed E-state index contributed by atoms with van der Waals surface area (Å²) in [4.78, 5) is 0. The van der Waals surface area contributed by atoms with Crippen LogP contribution in [0.3, 0.4) is 0 Å². The minimum atomic E-state index is -0.237. The highest BCUT2D eigenvalue weighted by molar-refractivity contribution is 4.82. The molecule has 1 N–H and O–H groups in total. The fraction of sp³-hybridized carbons (Fsp3) is 1.00. The molecule has 102 valence electrons. The lowest BCUT2D eigenvalue weighted by Crippen LogP contribution is -2.38. The van der Waals surface area contributed by atoms with Gasteiger partial charge in [0.2, 0.25) is 0 Å². The average Bonchev–Trinajstić information content (AvgIpc) is 2.28. The van der Waals surface area contributed by atoms with Gasteiger partial charge in [0.05, 0.1) is 12.2 Å². The molecule has 0 saturated heterocycles. The van der Waals surface area contributed by atoms with E-state index in [-0.39, 0.29) is 12.2 Å². The highest BCUT2D eigenvalue weighted by atomic mass is 16.5. The average molecular weight is 242 g/mol. The molecule has 0 spiro atoms. The Morgan fingerprint density at radius 3 is 2.53 bits per heavy atom. The van der Waals surface area contributed by atoms with Crippen LogP contribution in [-0.2, 0) is 4.74 Å². The maximum atomic E-state index is 9.99. The molecule has 0 aromatic carbocycles. The quantitative estimate of drug-likeness (QED) is 0.771. The second-order valence-corrected chi connectivity index (χ2v) is 6.15. The van der Waals surface area contributed by atoms with E-state index < -0.39 is 0 Å². The predicted molar refractivity (Wildman–Crippen MR) is 72.0 cm³/mol. The normalized spacial score (nSPS) is 31.8. The van der Waals surface area contributed by atoms with Crippen molar-refractivity contribution < 1.29 is 9.84 Å². The SMILES string of the molecule is CCCC(C)COC1CC(C(C)C)CCC1O. The van der Waals surface area contributed by atoms with Gasteiger partial charge in [0.25, 0.3) is 0 Å². The monoisotopic (exact) mass is 242 g/mol. The standard InChI is InChI=1S/C15H30O2/c1-5-6-12(4)10-17-15-9-13(11(2)3)7-8-14(15)16/h11-16H,5-10H2,1-4H3. The Balaban J connectivity index is 2.34. The Morgan fingerprint density at radius 1 is 1.24 bits per heavy atom. The van der Waals surface area contributed by atoms with Gasteiger partial charge in [-0.15, -0.1) is 0 Å². The van der Waals surface area contributed by atoms with Gasteiger partial charge in [0.15, 0.2) is 0 Å². The van der Waals surface area contributed by atoms with Gasteiger partial charge in [0.1, 0.15) is 0 Å². The largest absolute Gasteiger partial charge is 0.390 e. The van der Waals surface area contributed by atoms with Gasteiger partial charge >= 0.3 is 0 Å². The maximum Gasteiger partial charge on any atom is 0.0836 e. The Labute approximate surface area is 107 Å². The van der Waals surface area contributed by atoms with E-state index in [1.165, 1.54) is 12.8 Å². The van der Waals surface area contributed by atoms with E-state index in [4.69, 9.17) is 4.74 Å². The Hall–Kier alpha value is -0.0800. The predicted octanol–water partition coefficient (Wildman–Crippen LogP) is 3.62. The molecule has 1 fully saturated rings. The molecule has 0 radical (unpaired) electrons. The van der Waals surface area contributed by atoms with Gasteiger partial charge in [0, 0.05) is 6.61 Å². The van der Waals surface area contributed by atoms with E-state index in [0.717, 1.165) is 31.8 Å². The molecule has 1 rings (SSSR count). The van der Waals surface area contributed by atoms with Crippen molar-refractivity contribution >= 4 is 0 Å². The van der Waals surface area contributed by atoms with E-state index in [2.05, 4.69) is 27.7 Å². The highest BCUT2D eigenvalue weighted by Gasteiger charge is 2.31. The Bertz CT molecular complexity index is 203. The lowest BCUT2D eigenvalue weighted by molar-refractivity contribution is -0.0844. The van der Waals surface area contributed by atoms with Crippen LogP contribution in [0.5, 0.6) is 0 Å². The fourth-order valence-corrected chi connectivity index (χ4v) is 2.79. The smallest absolute Gasteiger partial charge is 0.0836 e. The van der Waals surface area contributed by atoms with E-state index in [9.17, 15) is 5.11 Å². The molecule has 0 aromatic heterocycles. The summed E-state index contributed by atoms with van der Waals surface area (Å²) in [5, 5.41) is 9.99. The molecule has 1 aliphatic carbocycles. The van der Waals surface area contributed by atoms with Crippen LogP contribution in [0.4, 0.5) is 0 Å². The van der Waals surface area contributed by atoms with E-state index >= 15 is 0 Å². The van der Waals surface area contributed by atoms with Crippen molar-refractivity contribution in [3.05, 3.63) is 0 Å². The van der Waals surface area contributed by atoms with Gasteiger partial charge in [-0.05, 0) is 43.4 Å². The first kappa shape index (κ1) is 15.0. The molecular formula is C15H30O2. The molecule has 0 aromatic rings. The second-order valence-electron chi connectivity index (χ2n) is 6.15. The summed E-state index contributed by atoms with van der Waals surface area (Å²) in [5.74, 6) is 2.05. The summed E-state index contributed by atoms with van der Waals surface area (Å²) >= 11 is 0. The lowest BCUT2D eigenvalue weighted by atomic mass is 9.79. The summed E-state index contributed by atoms with van der Waals surface area (Å²) in [5.41, 5.74) is 0. The van der Waals surface area contributed by atoms with Crippen LogP contribution in [0.25, 0.3) is 0 Å². The van der Waals surface area contributed by atoms with Crippen molar-refractivity contribution in [3.8, 4) is 0 Å². The summed E-state index contributed by atoms with van der Waals surface area (Å²) in [6, 6.07) is 0. The number of hydrogen-bond acceptors (Lipinski definition) is 2. The van der Waals surface area contributed by atoms with E-state index in [1.807, 2.05) is 0 Å². The molecule has 0 heterocycles. The van der Waals surface area contributed by atoms with Crippen molar-refractivity contribution in [1.29, 1.82) is 0 Å². The zero-order valence-corrected chi connectivity index (χ0v) is 12.0. The van der Waals surface area contributed by atoms with Gasteiger partial charge in [-0.3, -0.25) is 0 Å². The van der Waals surface area contributed by atoms with Crippen molar-refractivity contribution in [2.45, 2.75) is 72.0 Å². The summed E-state index contributed by atoms with van der Waals surface area (Å²) in [6.07, 6.45) is 5.38. The third-order valence-electron chi connectivity index (χ3n) is 4.12. The summed E-state index contributed by atoms with van der Waals surface area (Å²) in [7, 11) is 0. The third kappa shape index (κ3) is 4.97. The topological polar surface area (TPSA) is 29.5 Å². The molecule has 2 nitrogen and oxygen atoms in total. The Kier molecular flexibility index (Phi) is 6.50. The lowest BCUT2D eigenvalue weighted by Gasteiger charge is -2.35. The van der Waals surface area contributed by atoms with Gasteiger partial charge in [-0.25, -0.2) is 0 Å². The zero-order chi connectivity index (χ0) is 12.8. The van der Waals surface area contributed by atoms with Crippen LogP contribution in [0, 0.1) is 17.8 Å². The molecule has 0 aliphatic heterocycles. The van der Waals surface area contributed by atoms with Crippen molar-refractivity contribution in [2.75, 3.05) is 6.61 Å². The van der Waals surface area contributed by atoms with Gasteiger partial charge in [-0.1, -0.05) is 34.1 Å². The second kappa shape index (κ2) is 7.38. The number of aliphatic hydroxyl groups excluding tert-OH is 1. The summed E-state index contributed by atoms with van der Waals surface area (Å²) < 4.78 is 5.94. The molecule has 4 unspecified atom stereocenters. The Morgan fingerprint density at radius 2 is 1.94 bits per heavy atom. The molecule has 4 atom stereocenters. The molecule has 0 bridgehead atoms. The fourth-order valence-electron chi connectivity index (χ4n) is 2.79. The van der Waals surface area contributed by atoms with Gasteiger partial charge in [-0.2, -0.15) is 0 Å². The van der Waals surface area contributed by atoms with Crippen molar-refractivity contribution in [1.82, 2.24) is 0 Å². The van der Waals surface area contributed by atoms with E-state index in [1.54, 1.807) is 0 Å². The number of hydrogen-bond donors (Lipinski definition) is 1. The first-order valence-electron chi connectivity index (χ1n) is 7.34. The van der Waals surface area contributed by atoms with Crippen LogP contribution < -0.4 is 0 Å². The molecule has 17 heavy (non-hydrogen) atoms. The number of aliphatic hydroxyl groups is 1. The van der Waals surface area contributed by atoms with Crippen molar-refractivity contribution in [3.63, 3.8) is 0 Å². The third-order valence-corrected chi connectivity index (χ3v) is 4.12. The van der Waals surface area contributed by atoms with Crippen LogP contribution in [-0.4, -0.2) is 23.9 Å². The van der Waals surface area contributed by atoms with E-state index in [0.29, 0.717) is 11.8 Å². The molecular weight excluding hydrogens is 212 g/mol. The minimum absolute atomic E-state index is 0.0791. The van der Waals surface area contributed by atoms with Crippen LogP contribution in [0.2, 0.25) is 0 Å². The van der Waals surface area contributed by atoms with Crippen LogP contribution >= 0.6 is 0 Å². The molecule has 2 heteroatoms. The molecule has 0 amide bonds. The van der Waals surface area contributed by atoms with Gasteiger partial charge < -0.3 is 9.84 Å². The van der Waals surface area contributed by atoms with Crippen LogP contribution in [0.1, 0.15) is 59.8 Å². The number of rotatable bonds is 6. The number of ether oxygens (including phenoxy) is 1. The highest BCUT2D eigenvalue weighted by Crippen LogP contribution is 2.32. The molecule has 1 aliphatic rings.